The number of unbranched alkanes of at least 4 members (excludes halogenated alkanes) is 9. The second kappa shape index (κ2) is 22.0. The van der Waals surface area contributed by atoms with Crippen LogP contribution in [-0.4, -0.2) is 68.9 Å². The average molecular weight is 535 g/mol. The van der Waals surface area contributed by atoms with Crippen LogP contribution < -0.4 is 59.1 Å². The van der Waals surface area contributed by atoms with Crippen molar-refractivity contribution in [1.29, 1.82) is 0 Å². The molecule has 1 unspecified atom stereocenters. The van der Waals surface area contributed by atoms with Crippen molar-refractivity contribution in [2.24, 2.45) is 0 Å². The number of esters is 2. The van der Waals surface area contributed by atoms with E-state index in [0.29, 0.717) is 6.42 Å². The zero-order chi connectivity index (χ0) is 23.8. The van der Waals surface area contributed by atoms with Gasteiger partial charge in [-0.1, -0.05) is 64.7 Å². The van der Waals surface area contributed by atoms with Crippen LogP contribution in [0, 0.1) is 0 Å². The molecule has 0 aromatic heterocycles. The van der Waals surface area contributed by atoms with Crippen LogP contribution in [0.4, 0.5) is 0 Å². The summed E-state index contributed by atoms with van der Waals surface area (Å²) in [6.07, 6.45) is 9.23. The number of carbonyl (C=O) groups excluding carboxylic acids is 2. The van der Waals surface area contributed by atoms with Crippen LogP contribution in [0.1, 0.15) is 71.1 Å². The van der Waals surface area contributed by atoms with Crippen molar-refractivity contribution in [3.05, 3.63) is 0 Å². The molecule has 33 heavy (non-hydrogen) atoms. The minimum absolute atomic E-state index is 0. The number of carbonyl (C=O) groups is 2. The molecule has 0 aromatic rings. The van der Waals surface area contributed by atoms with E-state index in [1.807, 2.05) is 0 Å². The third-order valence-corrected chi connectivity index (χ3v) is 5.21. The smallest absolute Gasteiger partial charge is 0.748 e. The molecule has 0 rings (SSSR count). The fraction of sp³-hybridized carbons (Fsp3) is 0.889. The predicted octanol–water partition coefficient (Wildman–Crippen LogP) is -4.57. The Morgan fingerprint density at radius 1 is 0.727 bits per heavy atom. The first-order valence-electron chi connectivity index (χ1n) is 10.3. The van der Waals surface area contributed by atoms with Gasteiger partial charge in [-0.25, -0.2) is 16.8 Å². The fourth-order valence-electron chi connectivity index (χ4n) is 2.59. The molecule has 0 aromatic carbocycles. The minimum atomic E-state index is -4.88. The Balaban J connectivity index is -0.00000450. The van der Waals surface area contributed by atoms with E-state index >= 15 is 0 Å². The number of ether oxygens (including phenoxy) is 3. The van der Waals surface area contributed by atoms with E-state index in [4.69, 9.17) is 4.74 Å². The van der Waals surface area contributed by atoms with Crippen molar-refractivity contribution < 1.29 is 109 Å². The first-order valence-corrected chi connectivity index (χ1v) is 13.4. The minimum Gasteiger partial charge on any atom is -0.748 e. The van der Waals surface area contributed by atoms with Crippen LogP contribution in [0.15, 0.2) is 0 Å². The maximum absolute atomic E-state index is 11.5. The van der Waals surface area contributed by atoms with Gasteiger partial charge in [0.05, 0.1) is 6.61 Å². The second-order valence-corrected chi connectivity index (χ2v) is 9.87. The standard InChI is InChI=1S/C18H34O11S2.2Na/c1-2-3-4-5-6-7-8-9-10-11-12-27-18(29-17(20)15-31(24,25)26)13-28-16(19)14-30(21,22)23;;/h18H,2-15H2,1H3,(H,21,22,23)(H,24,25,26);;/q;2*+1/p-2. The normalized spacial score (nSPS) is 12.2. The predicted molar refractivity (Wildman–Crippen MR) is 108 cm³/mol. The van der Waals surface area contributed by atoms with Crippen molar-refractivity contribution in [1.82, 2.24) is 0 Å². The molecule has 1 atom stereocenters. The third-order valence-electron chi connectivity index (χ3n) is 4.03. The van der Waals surface area contributed by atoms with E-state index in [1.54, 1.807) is 0 Å². The van der Waals surface area contributed by atoms with Crippen LogP contribution in [-0.2, 0) is 44.0 Å². The summed E-state index contributed by atoms with van der Waals surface area (Å²) in [5.41, 5.74) is 0. The van der Waals surface area contributed by atoms with Gasteiger partial charge in [-0.3, -0.25) is 9.59 Å². The van der Waals surface area contributed by atoms with Crippen molar-refractivity contribution in [2.45, 2.75) is 77.4 Å². The SMILES string of the molecule is CCCCCCCCCCCCOC(COC(=O)CS(=O)(=O)[O-])OC(=O)CS(=O)(=O)[O-].[Na+].[Na+]. The van der Waals surface area contributed by atoms with Crippen molar-refractivity contribution in [2.75, 3.05) is 24.7 Å². The summed E-state index contributed by atoms with van der Waals surface area (Å²) >= 11 is 0. The van der Waals surface area contributed by atoms with E-state index in [1.165, 1.54) is 32.1 Å². The second-order valence-electron chi connectivity index (χ2n) is 7.06. The van der Waals surface area contributed by atoms with Crippen molar-refractivity contribution in [3.63, 3.8) is 0 Å². The molecular weight excluding hydrogens is 502 g/mol. The summed E-state index contributed by atoms with van der Waals surface area (Å²) in [6, 6.07) is 0. The van der Waals surface area contributed by atoms with Gasteiger partial charge in [0.1, 0.15) is 31.7 Å². The van der Waals surface area contributed by atoms with Gasteiger partial charge in [0.25, 0.3) is 0 Å². The summed E-state index contributed by atoms with van der Waals surface area (Å²) < 4.78 is 77.9. The topological polar surface area (TPSA) is 176 Å². The Bertz CT molecular complexity index is 728. The molecule has 0 saturated heterocycles. The molecule has 11 nitrogen and oxygen atoms in total. The molecule has 184 valence electrons. The van der Waals surface area contributed by atoms with Crippen molar-refractivity contribution in [3.8, 4) is 0 Å². The van der Waals surface area contributed by atoms with Crippen LogP contribution >= 0.6 is 0 Å². The summed E-state index contributed by atoms with van der Waals surface area (Å²) in [6.45, 7) is 1.51. The molecule has 0 amide bonds. The maximum atomic E-state index is 11.5. The van der Waals surface area contributed by atoms with E-state index in [-0.39, 0.29) is 65.7 Å². The molecular formula is C18H32Na2O11S2. The molecule has 0 saturated carbocycles. The molecule has 0 fully saturated rings. The molecule has 0 bridgehead atoms. The molecule has 0 N–H and O–H groups in total. The first kappa shape index (κ1) is 38.3. The summed E-state index contributed by atoms with van der Waals surface area (Å²) in [5.74, 6) is -5.64. The fourth-order valence-corrected chi connectivity index (χ4v) is 3.32. The van der Waals surface area contributed by atoms with Gasteiger partial charge < -0.3 is 23.3 Å². The van der Waals surface area contributed by atoms with Crippen LogP contribution in [0.3, 0.4) is 0 Å². The Labute approximate surface area is 241 Å². The van der Waals surface area contributed by atoms with E-state index in [2.05, 4.69) is 16.4 Å². The summed E-state index contributed by atoms with van der Waals surface area (Å²) in [4.78, 5) is 22.8. The van der Waals surface area contributed by atoms with Gasteiger partial charge in [0.2, 0.25) is 6.29 Å². The maximum Gasteiger partial charge on any atom is 1.00 e. The number of hydrogen-bond acceptors (Lipinski definition) is 11. The zero-order valence-electron chi connectivity index (χ0n) is 19.8. The molecule has 0 aliphatic carbocycles. The molecule has 0 heterocycles. The Morgan fingerprint density at radius 3 is 1.61 bits per heavy atom. The van der Waals surface area contributed by atoms with Gasteiger partial charge >= 0.3 is 71.1 Å². The molecule has 0 spiro atoms. The molecule has 15 heteroatoms. The number of rotatable bonds is 19. The first-order chi connectivity index (χ1) is 14.4. The Hall–Kier alpha value is 0.720. The van der Waals surface area contributed by atoms with Gasteiger partial charge in [-0.15, -0.1) is 0 Å². The van der Waals surface area contributed by atoms with E-state index < -0.39 is 56.6 Å². The van der Waals surface area contributed by atoms with Crippen LogP contribution in [0.2, 0.25) is 0 Å². The van der Waals surface area contributed by atoms with Crippen LogP contribution in [0.5, 0.6) is 0 Å². The van der Waals surface area contributed by atoms with Gasteiger partial charge in [0, 0.05) is 0 Å². The largest absolute Gasteiger partial charge is 1.00 e. The quantitative estimate of drug-likeness (QED) is 0.0513. The van der Waals surface area contributed by atoms with Gasteiger partial charge in [-0.2, -0.15) is 0 Å². The Morgan fingerprint density at radius 2 is 1.15 bits per heavy atom. The summed E-state index contributed by atoms with van der Waals surface area (Å²) in [7, 11) is -9.73. The molecule has 0 aliphatic rings. The molecule has 0 aliphatic heterocycles. The Kier molecular flexibility index (Phi) is 25.5. The van der Waals surface area contributed by atoms with Crippen LogP contribution in [0.25, 0.3) is 0 Å². The van der Waals surface area contributed by atoms with Gasteiger partial charge in [0.15, 0.2) is 6.61 Å². The zero-order valence-corrected chi connectivity index (χ0v) is 25.4. The third kappa shape index (κ3) is 28.8. The summed E-state index contributed by atoms with van der Waals surface area (Å²) in [5, 5.41) is 0. The van der Waals surface area contributed by atoms with Crippen molar-refractivity contribution >= 4 is 32.2 Å². The average Bonchev–Trinajstić information content (AvgIpc) is 2.61. The van der Waals surface area contributed by atoms with E-state index in [9.17, 15) is 35.5 Å². The molecule has 0 radical (unpaired) electrons. The van der Waals surface area contributed by atoms with E-state index in [0.717, 1.165) is 25.7 Å². The monoisotopic (exact) mass is 534 g/mol. The van der Waals surface area contributed by atoms with Gasteiger partial charge in [-0.05, 0) is 6.42 Å². The number of hydrogen-bond donors (Lipinski definition) is 0.